The maximum atomic E-state index is 5.86. The van der Waals surface area contributed by atoms with Gasteiger partial charge in [0.25, 0.3) is 17.0 Å². The topological polar surface area (TPSA) is 91.0 Å². The number of thiophene rings is 1. The third-order valence-corrected chi connectivity index (χ3v) is 7.03. The van der Waals surface area contributed by atoms with E-state index in [2.05, 4.69) is 33.4 Å². The van der Waals surface area contributed by atoms with E-state index < -0.39 is 0 Å². The molecular formula is C20H20N4O3S2. The smallest absolute Gasteiger partial charge is 0.277 e. The molecule has 9 heteroatoms. The van der Waals surface area contributed by atoms with Crippen molar-refractivity contribution in [1.82, 2.24) is 20.4 Å². The van der Waals surface area contributed by atoms with Gasteiger partial charge in [-0.05, 0) is 56.7 Å². The van der Waals surface area contributed by atoms with Crippen molar-refractivity contribution in [3.8, 4) is 22.2 Å². The van der Waals surface area contributed by atoms with Crippen molar-refractivity contribution >= 4 is 23.1 Å². The molecular weight excluding hydrogens is 408 g/mol. The minimum Gasteiger partial charge on any atom is -0.466 e. The number of aromatic nitrogens is 4. The van der Waals surface area contributed by atoms with E-state index in [1.54, 1.807) is 11.3 Å². The zero-order chi connectivity index (χ0) is 20.0. The van der Waals surface area contributed by atoms with Gasteiger partial charge in [-0.1, -0.05) is 18.7 Å². The number of thioether (sulfide) groups is 1. The van der Waals surface area contributed by atoms with Crippen LogP contribution in [0.25, 0.3) is 22.2 Å². The average molecular weight is 429 g/mol. The molecule has 0 radical (unpaired) electrons. The lowest BCUT2D eigenvalue weighted by Gasteiger charge is -2.16. The van der Waals surface area contributed by atoms with Gasteiger partial charge >= 0.3 is 0 Å². The fourth-order valence-electron chi connectivity index (χ4n) is 3.57. The Bertz CT molecular complexity index is 1160. The molecule has 150 valence electrons. The van der Waals surface area contributed by atoms with Gasteiger partial charge in [0.1, 0.15) is 11.5 Å². The normalized spacial score (nSPS) is 16.3. The number of hydrogen-bond acceptors (Lipinski definition) is 9. The lowest BCUT2D eigenvalue weighted by Crippen LogP contribution is -2.07. The molecule has 0 saturated heterocycles. The number of hydrogen-bond donors (Lipinski definition) is 0. The molecule has 0 aromatic carbocycles. The Morgan fingerprint density at radius 2 is 1.93 bits per heavy atom. The lowest BCUT2D eigenvalue weighted by atomic mass is 9.90. The first-order valence-corrected chi connectivity index (χ1v) is 11.3. The predicted octanol–water partition coefficient (Wildman–Crippen LogP) is 5.48. The molecule has 0 fully saturated rings. The first-order valence-electron chi connectivity index (χ1n) is 9.53. The highest BCUT2D eigenvalue weighted by Gasteiger charge is 2.21. The quantitative estimate of drug-likeness (QED) is 0.386. The summed E-state index contributed by atoms with van der Waals surface area (Å²) < 4.78 is 17.1. The third kappa shape index (κ3) is 3.76. The summed E-state index contributed by atoms with van der Waals surface area (Å²) in [6, 6.07) is 4.10. The molecule has 5 rings (SSSR count). The Hall–Kier alpha value is -2.39. The van der Waals surface area contributed by atoms with Gasteiger partial charge in [0, 0.05) is 4.88 Å². The van der Waals surface area contributed by atoms with Crippen LogP contribution in [-0.4, -0.2) is 20.4 Å². The minimum atomic E-state index is 0.458. The van der Waals surface area contributed by atoms with Gasteiger partial charge in [-0.25, -0.2) is 0 Å². The van der Waals surface area contributed by atoms with E-state index >= 15 is 0 Å². The Kier molecular flexibility index (Phi) is 4.79. The van der Waals surface area contributed by atoms with E-state index in [4.69, 9.17) is 13.3 Å². The van der Waals surface area contributed by atoms with Crippen LogP contribution in [0.4, 0.5) is 0 Å². The molecule has 7 nitrogen and oxygen atoms in total. The van der Waals surface area contributed by atoms with Crippen molar-refractivity contribution in [3.05, 3.63) is 40.0 Å². The number of aryl methyl sites for hydroxylation is 3. The molecule has 0 N–H and O–H groups in total. The molecule has 1 atom stereocenters. The van der Waals surface area contributed by atoms with E-state index in [1.807, 2.05) is 19.9 Å². The van der Waals surface area contributed by atoms with Gasteiger partial charge in [-0.2, -0.15) is 0 Å². The molecule has 4 heterocycles. The molecule has 1 aliphatic carbocycles. The molecule has 1 aliphatic rings. The second-order valence-corrected chi connectivity index (χ2v) is 9.46. The zero-order valence-corrected chi connectivity index (χ0v) is 18.0. The standard InChI is InChI=1S/C20H20N4O3S2/c1-10-4-5-15-13(6-10)8-16(29-15)19-23-24-20(27-19)28-9-17-21-22-18(26-17)14-7-11(2)25-12(14)3/h7-8,10H,4-6,9H2,1-3H3. The van der Waals surface area contributed by atoms with Crippen LogP contribution in [0.3, 0.4) is 0 Å². The molecule has 0 bridgehead atoms. The molecule has 0 amide bonds. The SMILES string of the molecule is Cc1cc(-c2nnc(CSc3nnc(-c4cc5c(s4)CCC(C)C5)o3)o2)c(C)o1. The molecule has 4 aromatic rings. The number of nitrogens with zero attached hydrogens (tertiary/aromatic N) is 4. The van der Waals surface area contributed by atoms with Crippen LogP contribution in [0.5, 0.6) is 0 Å². The van der Waals surface area contributed by atoms with Crippen molar-refractivity contribution < 1.29 is 13.3 Å². The van der Waals surface area contributed by atoms with Gasteiger partial charge in [-0.3, -0.25) is 0 Å². The summed E-state index contributed by atoms with van der Waals surface area (Å²) in [6.45, 7) is 6.07. The van der Waals surface area contributed by atoms with Crippen LogP contribution in [0.1, 0.15) is 41.2 Å². The maximum absolute atomic E-state index is 5.86. The van der Waals surface area contributed by atoms with E-state index in [1.165, 1.54) is 28.6 Å². The Labute approximate surface area is 175 Å². The monoisotopic (exact) mass is 428 g/mol. The predicted molar refractivity (Wildman–Crippen MR) is 110 cm³/mol. The number of rotatable bonds is 5. The summed E-state index contributed by atoms with van der Waals surface area (Å²) in [4.78, 5) is 2.50. The average Bonchev–Trinajstić information content (AvgIpc) is 3.45. The van der Waals surface area contributed by atoms with Crippen LogP contribution in [-0.2, 0) is 18.6 Å². The van der Waals surface area contributed by atoms with E-state index in [9.17, 15) is 0 Å². The number of furan rings is 1. The van der Waals surface area contributed by atoms with Crippen molar-refractivity contribution in [1.29, 1.82) is 0 Å². The maximum Gasteiger partial charge on any atom is 0.277 e. The van der Waals surface area contributed by atoms with Crippen LogP contribution < -0.4 is 0 Å². The first kappa shape index (κ1) is 18.6. The highest BCUT2D eigenvalue weighted by molar-refractivity contribution is 7.98. The fourth-order valence-corrected chi connectivity index (χ4v) is 5.30. The van der Waals surface area contributed by atoms with Gasteiger partial charge in [0.15, 0.2) is 0 Å². The minimum absolute atomic E-state index is 0.458. The van der Waals surface area contributed by atoms with Crippen LogP contribution in [0, 0.1) is 19.8 Å². The fraction of sp³-hybridized carbons (Fsp3) is 0.400. The highest BCUT2D eigenvalue weighted by Crippen LogP contribution is 2.37. The van der Waals surface area contributed by atoms with E-state index in [-0.39, 0.29) is 0 Å². The highest BCUT2D eigenvalue weighted by atomic mass is 32.2. The third-order valence-electron chi connectivity index (χ3n) is 5.00. The molecule has 29 heavy (non-hydrogen) atoms. The van der Waals surface area contributed by atoms with Crippen molar-refractivity contribution in [2.45, 2.75) is 51.0 Å². The molecule has 0 aliphatic heterocycles. The van der Waals surface area contributed by atoms with Gasteiger partial charge in [0.05, 0.1) is 16.2 Å². The Morgan fingerprint density at radius 1 is 1.07 bits per heavy atom. The molecule has 0 spiro atoms. The van der Waals surface area contributed by atoms with Gasteiger partial charge in [-0.15, -0.1) is 31.7 Å². The molecule has 1 unspecified atom stereocenters. The summed E-state index contributed by atoms with van der Waals surface area (Å²) in [5, 5.41) is 17.1. The van der Waals surface area contributed by atoms with Gasteiger partial charge in [0.2, 0.25) is 5.89 Å². The first-order chi connectivity index (χ1) is 14.0. The van der Waals surface area contributed by atoms with Gasteiger partial charge < -0.3 is 13.3 Å². The largest absolute Gasteiger partial charge is 0.466 e. The second-order valence-electron chi connectivity index (χ2n) is 7.40. The van der Waals surface area contributed by atoms with Crippen LogP contribution in [0.15, 0.2) is 30.6 Å². The summed E-state index contributed by atoms with van der Waals surface area (Å²) in [5.41, 5.74) is 2.25. The summed E-state index contributed by atoms with van der Waals surface area (Å²) in [6.07, 6.45) is 3.53. The Balaban J connectivity index is 1.26. The van der Waals surface area contributed by atoms with E-state index in [0.717, 1.165) is 40.7 Å². The van der Waals surface area contributed by atoms with Crippen molar-refractivity contribution in [2.24, 2.45) is 5.92 Å². The number of fused-ring (bicyclic) bond motifs is 1. The van der Waals surface area contributed by atoms with Crippen LogP contribution in [0.2, 0.25) is 0 Å². The summed E-state index contributed by atoms with van der Waals surface area (Å²) in [5.74, 6) is 4.32. The molecule has 4 aromatic heterocycles. The van der Waals surface area contributed by atoms with E-state index in [0.29, 0.717) is 28.6 Å². The summed E-state index contributed by atoms with van der Waals surface area (Å²) >= 11 is 3.15. The van der Waals surface area contributed by atoms with Crippen molar-refractivity contribution in [3.63, 3.8) is 0 Å². The summed E-state index contributed by atoms with van der Waals surface area (Å²) in [7, 11) is 0. The Morgan fingerprint density at radius 3 is 2.76 bits per heavy atom. The zero-order valence-electron chi connectivity index (χ0n) is 16.4. The van der Waals surface area contributed by atoms with Crippen LogP contribution >= 0.6 is 23.1 Å². The molecule has 0 saturated carbocycles. The second kappa shape index (κ2) is 7.46. The lowest BCUT2D eigenvalue weighted by molar-refractivity contribution is 0.465. The van der Waals surface area contributed by atoms with Crippen molar-refractivity contribution in [2.75, 3.05) is 0 Å².